The van der Waals surface area contributed by atoms with Gasteiger partial charge in [0.05, 0.1) is 36.6 Å². The summed E-state index contributed by atoms with van der Waals surface area (Å²) in [7, 11) is 0. The highest BCUT2D eigenvalue weighted by Gasteiger charge is 2.59. The Kier molecular flexibility index (Phi) is 6.14. The molecule has 2 aliphatic heterocycles. The fourth-order valence-corrected chi connectivity index (χ4v) is 6.00. The van der Waals surface area contributed by atoms with E-state index >= 15 is 0 Å². The van der Waals surface area contributed by atoms with Gasteiger partial charge >= 0.3 is 0 Å². The molecule has 3 aliphatic rings. The standard InChI is InChI=1S/C28H22Cl2F2N6O3/c1-26(11-16-2-4-17(12-33)5-3-16)23(40)37(20-9-18(29)8-19(30)10-20)25-34-13-21(38(25)26)22(39)35-27(6-7-27)24(41)36-14-28(31,32)15-36/h2-5,8-10,13H,6-7,11,14-15H2,1H3,(H,35,39)/t26-/m1/s1. The van der Waals surface area contributed by atoms with Crippen molar-refractivity contribution in [3.8, 4) is 6.07 Å². The summed E-state index contributed by atoms with van der Waals surface area (Å²) >= 11 is 12.5. The number of anilines is 2. The molecule has 1 N–H and O–H groups in total. The Labute approximate surface area is 243 Å². The number of carbonyl (C=O) groups excluding carboxylic acids is 3. The topological polar surface area (TPSA) is 111 Å². The van der Waals surface area contributed by atoms with Crippen molar-refractivity contribution in [1.82, 2.24) is 19.8 Å². The Balaban J connectivity index is 1.38. The number of halogens is 4. The van der Waals surface area contributed by atoms with Crippen molar-refractivity contribution < 1.29 is 23.2 Å². The molecule has 1 saturated heterocycles. The van der Waals surface area contributed by atoms with Crippen LogP contribution in [0.1, 0.15) is 41.4 Å². The third kappa shape index (κ3) is 4.51. The molecule has 1 saturated carbocycles. The van der Waals surface area contributed by atoms with Crippen LogP contribution in [-0.2, 0) is 21.5 Å². The number of benzene rings is 2. The van der Waals surface area contributed by atoms with E-state index in [2.05, 4.69) is 16.4 Å². The van der Waals surface area contributed by atoms with Crippen LogP contribution in [0.3, 0.4) is 0 Å². The predicted molar refractivity (Wildman–Crippen MR) is 145 cm³/mol. The Bertz CT molecular complexity index is 1640. The first-order valence-corrected chi connectivity index (χ1v) is 13.5. The monoisotopic (exact) mass is 598 g/mol. The van der Waals surface area contributed by atoms with E-state index in [1.807, 2.05) is 0 Å². The van der Waals surface area contributed by atoms with E-state index in [0.717, 1.165) is 10.5 Å². The van der Waals surface area contributed by atoms with Crippen LogP contribution < -0.4 is 10.2 Å². The van der Waals surface area contributed by atoms with Crippen molar-refractivity contribution in [3.05, 3.63) is 75.5 Å². The van der Waals surface area contributed by atoms with Crippen LogP contribution in [0.2, 0.25) is 10.0 Å². The number of likely N-dealkylation sites (tertiary alicyclic amines) is 1. The number of amides is 3. The summed E-state index contributed by atoms with van der Waals surface area (Å²) < 4.78 is 28.3. The average molecular weight is 599 g/mol. The number of carbonyl (C=O) groups is 3. The molecule has 1 atom stereocenters. The fourth-order valence-electron chi connectivity index (χ4n) is 5.48. The Morgan fingerprint density at radius 1 is 1.10 bits per heavy atom. The molecule has 0 spiro atoms. The second-order valence-electron chi connectivity index (χ2n) is 10.9. The molecule has 2 fully saturated rings. The highest BCUT2D eigenvalue weighted by molar-refractivity contribution is 6.35. The number of nitrogens with zero attached hydrogens (tertiary/aromatic N) is 5. The van der Waals surface area contributed by atoms with Gasteiger partial charge in [-0.15, -0.1) is 0 Å². The highest BCUT2D eigenvalue weighted by Crippen LogP contribution is 2.45. The first-order valence-electron chi connectivity index (χ1n) is 12.7. The van der Waals surface area contributed by atoms with Gasteiger partial charge in [-0.2, -0.15) is 5.26 Å². The molecule has 9 nitrogen and oxygen atoms in total. The highest BCUT2D eigenvalue weighted by atomic mass is 35.5. The minimum absolute atomic E-state index is 0.0214. The van der Waals surface area contributed by atoms with E-state index in [1.165, 1.54) is 21.7 Å². The van der Waals surface area contributed by atoms with Crippen molar-refractivity contribution in [1.29, 1.82) is 5.26 Å². The maximum atomic E-state index is 14.1. The second-order valence-corrected chi connectivity index (χ2v) is 11.7. The van der Waals surface area contributed by atoms with Gasteiger partial charge < -0.3 is 10.2 Å². The van der Waals surface area contributed by atoms with Gasteiger partial charge in [0.1, 0.15) is 16.8 Å². The lowest BCUT2D eigenvalue weighted by Crippen LogP contribution is -2.63. The summed E-state index contributed by atoms with van der Waals surface area (Å²) in [5, 5.41) is 12.5. The maximum Gasteiger partial charge on any atom is 0.282 e. The van der Waals surface area contributed by atoms with Crippen LogP contribution in [0.25, 0.3) is 0 Å². The number of hydrogen-bond acceptors (Lipinski definition) is 5. The van der Waals surface area contributed by atoms with Gasteiger partial charge in [-0.05, 0) is 55.7 Å². The Morgan fingerprint density at radius 3 is 2.29 bits per heavy atom. The zero-order chi connectivity index (χ0) is 29.3. The number of imidazole rings is 1. The van der Waals surface area contributed by atoms with E-state index in [9.17, 15) is 28.4 Å². The average Bonchev–Trinajstić information content (AvgIpc) is 3.48. The molecule has 3 amide bonds. The first kappa shape index (κ1) is 27.2. The molecule has 3 heterocycles. The quantitative estimate of drug-likeness (QED) is 0.451. The summed E-state index contributed by atoms with van der Waals surface area (Å²) in [5.74, 6) is -4.40. The van der Waals surface area contributed by atoms with Crippen LogP contribution in [0, 0.1) is 11.3 Å². The van der Waals surface area contributed by atoms with Crippen LogP contribution >= 0.6 is 23.2 Å². The molecule has 1 aromatic heterocycles. The van der Waals surface area contributed by atoms with Crippen molar-refractivity contribution >= 4 is 52.6 Å². The predicted octanol–water partition coefficient (Wildman–Crippen LogP) is 4.44. The molecular weight excluding hydrogens is 577 g/mol. The molecule has 13 heteroatoms. The van der Waals surface area contributed by atoms with Gasteiger partial charge in [0.25, 0.3) is 17.7 Å². The number of nitrogens with one attached hydrogen (secondary N) is 1. The molecule has 0 radical (unpaired) electrons. The van der Waals surface area contributed by atoms with E-state index in [-0.39, 0.29) is 18.1 Å². The normalized spacial score (nSPS) is 21.6. The SMILES string of the molecule is C[C@@]1(Cc2ccc(C#N)cc2)C(=O)N(c2cc(Cl)cc(Cl)c2)c2ncc(C(=O)NC3(C(=O)N4CC(F)(F)C4)CC3)n21. The molecule has 0 unspecified atom stereocenters. The van der Waals surface area contributed by atoms with Gasteiger partial charge in [0, 0.05) is 16.5 Å². The zero-order valence-corrected chi connectivity index (χ0v) is 23.1. The molecule has 210 valence electrons. The van der Waals surface area contributed by atoms with Crippen molar-refractivity contribution in [2.24, 2.45) is 0 Å². The summed E-state index contributed by atoms with van der Waals surface area (Å²) in [4.78, 5) is 47.5. The van der Waals surface area contributed by atoms with Gasteiger partial charge in [-0.25, -0.2) is 18.7 Å². The van der Waals surface area contributed by atoms with Gasteiger partial charge in [-0.3, -0.25) is 19.0 Å². The number of aromatic nitrogens is 2. The first-order chi connectivity index (χ1) is 19.4. The van der Waals surface area contributed by atoms with Gasteiger partial charge in [0.2, 0.25) is 11.9 Å². The van der Waals surface area contributed by atoms with Crippen LogP contribution in [0.15, 0.2) is 48.7 Å². The lowest BCUT2D eigenvalue weighted by Gasteiger charge is -2.40. The smallest absolute Gasteiger partial charge is 0.282 e. The van der Waals surface area contributed by atoms with Gasteiger partial charge in [0.15, 0.2) is 0 Å². The molecule has 2 aromatic carbocycles. The summed E-state index contributed by atoms with van der Waals surface area (Å²) in [6, 6.07) is 13.4. The second kappa shape index (κ2) is 9.26. The summed E-state index contributed by atoms with van der Waals surface area (Å²) in [5.41, 5.74) is -1.08. The number of rotatable bonds is 6. The fraction of sp³-hybridized carbons (Fsp3) is 0.321. The molecule has 41 heavy (non-hydrogen) atoms. The van der Waals surface area contributed by atoms with E-state index in [1.54, 1.807) is 43.3 Å². The third-order valence-electron chi connectivity index (χ3n) is 7.71. The number of nitriles is 1. The minimum atomic E-state index is -2.93. The summed E-state index contributed by atoms with van der Waals surface area (Å²) in [6.07, 6.45) is 2.08. The minimum Gasteiger partial charge on any atom is -0.336 e. The van der Waals surface area contributed by atoms with E-state index < -0.39 is 47.8 Å². The van der Waals surface area contributed by atoms with Gasteiger partial charge in [-0.1, -0.05) is 35.3 Å². The summed E-state index contributed by atoms with van der Waals surface area (Å²) in [6.45, 7) is 0.307. The van der Waals surface area contributed by atoms with Crippen LogP contribution in [-0.4, -0.2) is 56.7 Å². The maximum absolute atomic E-state index is 14.1. The number of hydrogen-bond donors (Lipinski definition) is 1. The van der Waals surface area contributed by atoms with E-state index in [0.29, 0.717) is 34.1 Å². The van der Waals surface area contributed by atoms with E-state index in [4.69, 9.17) is 23.2 Å². The molecule has 3 aromatic rings. The largest absolute Gasteiger partial charge is 0.336 e. The number of alkyl halides is 2. The molecule has 0 bridgehead atoms. The van der Waals surface area contributed by atoms with Crippen LogP contribution in [0.4, 0.5) is 20.4 Å². The molecule has 6 rings (SSSR count). The van der Waals surface area contributed by atoms with Crippen LogP contribution in [0.5, 0.6) is 0 Å². The zero-order valence-electron chi connectivity index (χ0n) is 21.6. The molecule has 1 aliphatic carbocycles. The number of fused-ring (bicyclic) bond motifs is 1. The lowest BCUT2D eigenvalue weighted by atomic mass is 9.91. The third-order valence-corrected chi connectivity index (χ3v) is 8.15. The van der Waals surface area contributed by atoms with Crippen molar-refractivity contribution in [2.45, 2.75) is 43.2 Å². The lowest BCUT2D eigenvalue weighted by molar-refractivity contribution is -0.168. The van der Waals surface area contributed by atoms with Crippen molar-refractivity contribution in [3.63, 3.8) is 0 Å². The Morgan fingerprint density at radius 2 is 1.73 bits per heavy atom. The Hall–Kier alpha value is -4.01. The molecular formula is C28H22Cl2F2N6O3. The van der Waals surface area contributed by atoms with Crippen molar-refractivity contribution in [2.75, 3.05) is 18.0 Å².